The molecule has 23 heavy (non-hydrogen) atoms. The van der Waals surface area contributed by atoms with Gasteiger partial charge in [0.2, 0.25) is 0 Å². The highest BCUT2D eigenvalue weighted by Crippen LogP contribution is 2.37. The van der Waals surface area contributed by atoms with Crippen LogP contribution in [0.3, 0.4) is 0 Å². The maximum absolute atomic E-state index is 12.3. The molecule has 0 saturated carbocycles. The molecule has 7 heteroatoms. The number of hydrogen-bond donors (Lipinski definition) is 0. The van der Waals surface area contributed by atoms with Gasteiger partial charge in [0.05, 0.1) is 24.8 Å². The molecule has 0 aliphatic carbocycles. The Labute approximate surface area is 133 Å². The third-order valence-corrected chi connectivity index (χ3v) is 4.59. The SMILES string of the molecule is FC(F)(F)CCN1CCC2(CC1)C[C@@H](Oc1cccnc1)CO2. The van der Waals surface area contributed by atoms with Crippen molar-refractivity contribution in [1.29, 1.82) is 0 Å². The normalized spacial score (nSPS) is 24.9. The van der Waals surface area contributed by atoms with Gasteiger partial charge in [-0.15, -0.1) is 0 Å². The molecule has 2 fully saturated rings. The standard InChI is InChI=1S/C16H21F3N2O2/c17-16(18,19)5-9-21-7-3-15(4-8-21)10-14(12-22-15)23-13-2-1-6-20-11-13/h1-2,6,11,14H,3-5,7-10,12H2/t14-/m1/s1. The Bertz CT molecular complexity index is 502. The molecular weight excluding hydrogens is 309 g/mol. The zero-order valence-electron chi connectivity index (χ0n) is 12.9. The minimum atomic E-state index is -4.08. The summed E-state index contributed by atoms with van der Waals surface area (Å²) in [4.78, 5) is 5.89. The molecule has 2 saturated heterocycles. The Morgan fingerprint density at radius 1 is 1.35 bits per heavy atom. The first kappa shape index (κ1) is 16.5. The first-order chi connectivity index (χ1) is 10.9. The van der Waals surface area contributed by atoms with Gasteiger partial charge in [-0.05, 0) is 25.0 Å². The molecule has 0 amide bonds. The van der Waals surface area contributed by atoms with Gasteiger partial charge in [-0.3, -0.25) is 4.98 Å². The van der Waals surface area contributed by atoms with E-state index in [0.717, 1.165) is 25.0 Å². The molecule has 0 unspecified atom stereocenters. The lowest BCUT2D eigenvalue weighted by atomic mass is 9.88. The van der Waals surface area contributed by atoms with Crippen molar-refractivity contribution in [2.45, 2.75) is 43.6 Å². The summed E-state index contributed by atoms with van der Waals surface area (Å²) in [6.45, 7) is 1.90. The second-order valence-corrected chi connectivity index (χ2v) is 6.33. The van der Waals surface area contributed by atoms with E-state index in [1.54, 1.807) is 12.4 Å². The van der Waals surface area contributed by atoms with Crippen LogP contribution in [0.1, 0.15) is 25.7 Å². The van der Waals surface area contributed by atoms with Crippen LogP contribution in [-0.2, 0) is 4.74 Å². The first-order valence-corrected chi connectivity index (χ1v) is 7.94. The third-order valence-electron chi connectivity index (χ3n) is 4.59. The predicted molar refractivity (Wildman–Crippen MR) is 78.3 cm³/mol. The summed E-state index contributed by atoms with van der Waals surface area (Å²) in [6.07, 6.45) is 0.835. The number of alkyl halides is 3. The summed E-state index contributed by atoms with van der Waals surface area (Å²) in [5, 5.41) is 0. The summed E-state index contributed by atoms with van der Waals surface area (Å²) < 4.78 is 48.7. The second kappa shape index (κ2) is 6.65. The van der Waals surface area contributed by atoms with Crippen molar-refractivity contribution >= 4 is 0 Å². The van der Waals surface area contributed by atoms with Gasteiger partial charge in [0, 0.05) is 32.3 Å². The molecule has 1 atom stereocenters. The average molecular weight is 330 g/mol. The van der Waals surface area contributed by atoms with Crippen molar-refractivity contribution in [2.75, 3.05) is 26.2 Å². The van der Waals surface area contributed by atoms with Crippen LogP contribution in [-0.4, -0.2) is 54.0 Å². The van der Waals surface area contributed by atoms with Gasteiger partial charge in [0.15, 0.2) is 0 Å². The van der Waals surface area contributed by atoms with Gasteiger partial charge in [-0.25, -0.2) is 0 Å². The number of aromatic nitrogens is 1. The van der Waals surface area contributed by atoms with Crippen LogP contribution >= 0.6 is 0 Å². The van der Waals surface area contributed by atoms with E-state index < -0.39 is 12.6 Å². The van der Waals surface area contributed by atoms with Crippen LogP contribution in [0.15, 0.2) is 24.5 Å². The number of ether oxygens (including phenoxy) is 2. The van der Waals surface area contributed by atoms with Crippen molar-refractivity contribution in [3.05, 3.63) is 24.5 Å². The summed E-state index contributed by atoms with van der Waals surface area (Å²) in [7, 11) is 0. The van der Waals surface area contributed by atoms with E-state index in [1.165, 1.54) is 0 Å². The van der Waals surface area contributed by atoms with E-state index in [-0.39, 0.29) is 18.2 Å². The van der Waals surface area contributed by atoms with Crippen molar-refractivity contribution in [2.24, 2.45) is 0 Å². The molecule has 4 nitrogen and oxygen atoms in total. The lowest BCUT2D eigenvalue weighted by molar-refractivity contribution is -0.140. The lowest BCUT2D eigenvalue weighted by Crippen LogP contribution is -2.45. The average Bonchev–Trinajstić information content (AvgIpc) is 2.90. The van der Waals surface area contributed by atoms with Gasteiger partial charge < -0.3 is 14.4 Å². The molecule has 3 heterocycles. The fourth-order valence-corrected chi connectivity index (χ4v) is 3.30. The zero-order chi connectivity index (χ0) is 16.3. The summed E-state index contributed by atoms with van der Waals surface area (Å²) in [5.74, 6) is 0.723. The number of piperidine rings is 1. The third kappa shape index (κ3) is 4.57. The largest absolute Gasteiger partial charge is 0.486 e. The Hall–Kier alpha value is -1.34. The first-order valence-electron chi connectivity index (χ1n) is 7.94. The summed E-state index contributed by atoms with van der Waals surface area (Å²) in [6, 6.07) is 3.68. The molecule has 0 radical (unpaired) electrons. The minimum absolute atomic E-state index is 0.0130. The smallest absolute Gasteiger partial charge is 0.390 e. The molecule has 1 aromatic heterocycles. The van der Waals surface area contributed by atoms with E-state index in [9.17, 15) is 13.2 Å². The van der Waals surface area contributed by atoms with Gasteiger partial charge >= 0.3 is 6.18 Å². The fourth-order valence-electron chi connectivity index (χ4n) is 3.30. The van der Waals surface area contributed by atoms with Gasteiger partial charge in [-0.1, -0.05) is 0 Å². The van der Waals surface area contributed by atoms with Crippen molar-refractivity contribution < 1.29 is 22.6 Å². The van der Waals surface area contributed by atoms with E-state index in [4.69, 9.17) is 9.47 Å². The van der Waals surface area contributed by atoms with Crippen LogP contribution in [0.5, 0.6) is 5.75 Å². The minimum Gasteiger partial charge on any atom is -0.486 e. The van der Waals surface area contributed by atoms with E-state index in [0.29, 0.717) is 19.7 Å². The summed E-state index contributed by atoms with van der Waals surface area (Å²) >= 11 is 0. The van der Waals surface area contributed by atoms with Crippen LogP contribution < -0.4 is 4.74 Å². The number of rotatable bonds is 4. The summed E-state index contributed by atoms with van der Waals surface area (Å²) in [5.41, 5.74) is -0.235. The maximum atomic E-state index is 12.3. The van der Waals surface area contributed by atoms with Crippen LogP contribution in [0, 0.1) is 0 Å². The Kier molecular flexibility index (Phi) is 4.77. The van der Waals surface area contributed by atoms with Gasteiger partial charge in [0.25, 0.3) is 0 Å². The molecule has 0 aromatic carbocycles. The molecule has 2 aliphatic heterocycles. The van der Waals surface area contributed by atoms with Gasteiger partial charge in [0.1, 0.15) is 11.9 Å². The topological polar surface area (TPSA) is 34.6 Å². The van der Waals surface area contributed by atoms with E-state index >= 15 is 0 Å². The number of halogens is 3. The highest BCUT2D eigenvalue weighted by atomic mass is 19.4. The van der Waals surface area contributed by atoms with Crippen molar-refractivity contribution in [3.8, 4) is 5.75 Å². The highest BCUT2D eigenvalue weighted by Gasteiger charge is 2.44. The number of nitrogens with zero attached hydrogens (tertiary/aromatic N) is 2. The zero-order valence-corrected chi connectivity index (χ0v) is 12.9. The molecule has 0 bridgehead atoms. The lowest BCUT2D eigenvalue weighted by Gasteiger charge is -2.38. The molecule has 1 aromatic rings. The maximum Gasteiger partial charge on any atom is 0.390 e. The fraction of sp³-hybridized carbons (Fsp3) is 0.688. The number of likely N-dealkylation sites (tertiary alicyclic amines) is 1. The molecule has 3 rings (SSSR count). The second-order valence-electron chi connectivity index (χ2n) is 6.33. The van der Waals surface area contributed by atoms with E-state index in [2.05, 4.69) is 4.98 Å². The molecular formula is C16H21F3N2O2. The Balaban J connectivity index is 1.46. The van der Waals surface area contributed by atoms with Gasteiger partial charge in [-0.2, -0.15) is 13.2 Å². The predicted octanol–water partition coefficient (Wildman–Crippen LogP) is 3.04. The number of pyridine rings is 1. The van der Waals surface area contributed by atoms with Crippen LogP contribution in [0.2, 0.25) is 0 Å². The van der Waals surface area contributed by atoms with Crippen molar-refractivity contribution in [3.63, 3.8) is 0 Å². The van der Waals surface area contributed by atoms with E-state index in [1.807, 2.05) is 17.0 Å². The molecule has 128 valence electrons. The van der Waals surface area contributed by atoms with Crippen LogP contribution in [0.4, 0.5) is 13.2 Å². The highest BCUT2D eigenvalue weighted by molar-refractivity contribution is 5.16. The van der Waals surface area contributed by atoms with Crippen LogP contribution in [0.25, 0.3) is 0 Å². The Morgan fingerprint density at radius 3 is 2.78 bits per heavy atom. The monoisotopic (exact) mass is 330 g/mol. The molecule has 0 N–H and O–H groups in total. The molecule has 2 aliphatic rings. The van der Waals surface area contributed by atoms with Crippen molar-refractivity contribution in [1.82, 2.24) is 9.88 Å². The quantitative estimate of drug-likeness (QED) is 0.850. The number of hydrogen-bond acceptors (Lipinski definition) is 4. The Morgan fingerprint density at radius 2 is 2.13 bits per heavy atom. The molecule has 1 spiro atoms.